The third-order valence-electron chi connectivity index (χ3n) is 4.43. The van der Waals surface area contributed by atoms with Gasteiger partial charge in [0.15, 0.2) is 11.6 Å². The van der Waals surface area contributed by atoms with Crippen LogP contribution in [-0.4, -0.2) is 34.2 Å². The van der Waals surface area contributed by atoms with Gasteiger partial charge >= 0.3 is 6.09 Å². The molecule has 1 saturated heterocycles. The number of nitrogens with one attached hydrogen (secondary N) is 2. The first kappa shape index (κ1) is 18.2. The van der Waals surface area contributed by atoms with E-state index in [0.29, 0.717) is 21.6 Å². The highest BCUT2D eigenvalue weighted by Gasteiger charge is 2.28. The van der Waals surface area contributed by atoms with Crippen molar-refractivity contribution in [2.24, 2.45) is 0 Å². The van der Waals surface area contributed by atoms with Crippen molar-refractivity contribution in [3.05, 3.63) is 57.3 Å². The molecular weight excluding hydrogens is 389 g/mol. The Kier molecular flexibility index (Phi) is 4.60. The molecule has 1 aliphatic rings. The molecule has 0 saturated carbocycles. The summed E-state index contributed by atoms with van der Waals surface area (Å²) in [6.07, 6.45) is 2.21. The smallest absolute Gasteiger partial charge is 0.414 e. The zero-order valence-corrected chi connectivity index (χ0v) is 15.5. The van der Waals surface area contributed by atoms with Gasteiger partial charge in [-0.1, -0.05) is 11.6 Å². The second-order valence-electron chi connectivity index (χ2n) is 6.27. The normalized spacial score (nSPS) is 15.0. The molecule has 28 heavy (non-hydrogen) atoms. The summed E-state index contributed by atoms with van der Waals surface area (Å²) < 4.78 is 19.7. The van der Waals surface area contributed by atoms with Gasteiger partial charge in [0.25, 0.3) is 5.56 Å². The Labute approximate surface area is 163 Å². The SMILES string of the molecule is CC(Nc1nccc(N2CCOC2=O)c1F)c1cc2cc(Cl)cnc2[nH]c1=O. The van der Waals surface area contributed by atoms with Crippen LogP contribution in [0, 0.1) is 5.82 Å². The molecule has 0 radical (unpaired) electrons. The van der Waals surface area contributed by atoms with E-state index in [2.05, 4.69) is 20.3 Å². The Morgan fingerprint density at radius 3 is 2.93 bits per heavy atom. The maximum atomic E-state index is 14.9. The first-order chi connectivity index (χ1) is 13.4. The Morgan fingerprint density at radius 1 is 1.36 bits per heavy atom. The lowest BCUT2D eigenvalue weighted by Crippen LogP contribution is -2.25. The van der Waals surface area contributed by atoms with Crippen molar-refractivity contribution in [2.75, 3.05) is 23.4 Å². The van der Waals surface area contributed by atoms with Gasteiger partial charge in [0.2, 0.25) is 0 Å². The molecule has 0 aliphatic carbocycles. The molecule has 3 aromatic heterocycles. The molecule has 1 aliphatic heterocycles. The van der Waals surface area contributed by atoms with Crippen LogP contribution in [0.1, 0.15) is 18.5 Å². The van der Waals surface area contributed by atoms with Crippen LogP contribution in [0.25, 0.3) is 11.0 Å². The molecule has 1 unspecified atom stereocenters. The minimum atomic E-state index is -0.699. The minimum Gasteiger partial charge on any atom is -0.447 e. The second kappa shape index (κ2) is 7.08. The maximum Gasteiger partial charge on any atom is 0.414 e. The number of rotatable bonds is 4. The topological polar surface area (TPSA) is 100 Å². The van der Waals surface area contributed by atoms with Crippen molar-refractivity contribution in [2.45, 2.75) is 13.0 Å². The Hall–Kier alpha value is -3.20. The van der Waals surface area contributed by atoms with Gasteiger partial charge in [-0.05, 0) is 25.1 Å². The lowest BCUT2D eigenvalue weighted by atomic mass is 10.1. The van der Waals surface area contributed by atoms with E-state index in [0.717, 1.165) is 0 Å². The number of ether oxygens (including phenoxy) is 1. The number of nitrogens with zero attached hydrogens (tertiary/aromatic N) is 3. The highest BCUT2D eigenvalue weighted by atomic mass is 35.5. The molecule has 1 fully saturated rings. The van der Waals surface area contributed by atoms with E-state index in [-0.39, 0.29) is 30.2 Å². The van der Waals surface area contributed by atoms with Gasteiger partial charge in [-0.2, -0.15) is 0 Å². The Bertz CT molecular complexity index is 1140. The van der Waals surface area contributed by atoms with Crippen molar-refractivity contribution >= 4 is 40.2 Å². The van der Waals surface area contributed by atoms with E-state index < -0.39 is 18.0 Å². The monoisotopic (exact) mass is 403 g/mol. The highest BCUT2D eigenvalue weighted by molar-refractivity contribution is 6.31. The average molecular weight is 404 g/mol. The highest BCUT2D eigenvalue weighted by Crippen LogP contribution is 2.28. The molecule has 2 N–H and O–H groups in total. The van der Waals surface area contributed by atoms with Gasteiger partial charge < -0.3 is 15.0 Å². The maximum absolute atomic E-state index is 14.9. The van der Waals surface area contributed by atoms with E-state index in [4.69, 9.17) is 16.3 Å². The zero-order chi connectivity index (χ0) is 19.8. The van der Waals surface area contributed by atoms with Crippen molar-refractivity contribution in [1.29, 1.82) is 0 Å². The van der Waals surface area contributed by atoms with Gasteiger partial charge in [0.1, 0.15) is 12.3 Å². The quantitative estimate of drug-likeness (QED) is 0.693. The first-order valence-electron chi connectivity index (χ1n) is 8.48. The van der Waals surface area contributed by atoms with Crippen LogP contribution < -0.4 is 15.8 Å². The van der Waals surface area contributed by atoms with Gasteiger partial charge in [-0.15, -0.1) is 0 Å². The number of carbonyl (C=O) groups excluding carboxylic acids is 1. The van der Waals surface area contributed by atoms with Crippen LogP contribution in [0.3, 0.4) is 0 Å². The molecule has 1 amide bonds. The summed E-state index contributed by atoms with van der Waals surface area (Å²) in [7, 11) is 0. The van der Waals surface area contributed by atoms with Gasteiger partial charge in [-0.25, -0.2) is 19.2 Å². The average Bonchev–Trinajstić information content (AvgIpc) is 3.09. The molecular formula is C18H15ClFN5O3. The van der Waals surface area contributed by atoms with Crippen molar-refractivity contribution in [1.82, 2.24) is 15.0 Å². The third kappa shape index (κ3) is 3.24. The van der Waals surface area contributed by atoms with E-state index in [9.17, 15) is 14.0 Å². The molecule has 3 aromatic rings. The van der Waals surface area contributed by atoms with Crippen LogP contribution in [0.15, 0.2) is 35.4 Å². The zero-order valence-electron chi connectivity index (χ0n) is 14.7. The lowest BCUT2D eigenvalue weighted by Gasteiger charge is -2.18. The number of pyridine rings is 3. The largest absolute Gasteiger partial charge is 0.447 e. The summed E-state index contributed by atoms with van der Waals surface area (Å²) in [5.74, 6) is -0.774. The number of carbonyl (C=O) groups is 1. The number of hydrogen-bond acceptors (Lipinski definition) is 6. The van der Waals surface area contributed by atoms with Gasteiger partial charge in [0.05, 0.1) is 23.3 Å². The van der Waals surface area contributed by atoms with Crippen molar-refractivity contribution in [3.8, 4) is 0 Å². The number of amides is 1. The van der Waals surface area contributed by atoms with Crippen LogP contribution in [0.2, 0.25) is 5.02 Å². The molecule has 144 valence electrons. The number of aromatic nitrogens is 3. The van der Waals surface area contributed by atoms with E-state index in [1.165, 1.54) is 23.4 Å². The van der Waals surface area contributed by atoms with E-state index >= 15 is 0 Å². The van der Waals surface area contributed by atoms with Crippen LogP contribution >= 0.6 is 11.6 Å². The lowest BCUT2D eigenvalue weighted by molar-refractivity contribution is 0.181. The molecule has 4 rings (SSSR count). The fraction of sp³-hybridized carbons (Fsp3) is 0.222. The number of anilines is 2. The van der Waals surface area contributed by atoms with Crippen molar-refractivity contribution in [3.63, 3.8) is 0 Å². The number of aromatic amines is 1. The Morgan fingerprint density at radius 2 is 2.18 bits per heavy atom. The van der Waals surface area contributed by atoms with E-state index in [1.807, 2.05) is 0 Å². The molecule has 1 atom stereocenters. The Balaban J connectivity index is 1.66. The summed E-state index contributed by atoms with van der Waals surface area (Å²) >= 11 is 5.96. The number of fused-ring (bicyclic) bond motifs is 1. The summed E-state index contributed by atoms with van der Waals surface area (Å²) in [6, 6.07) is 4.14. The summed E-state index contributed by atoms with van der Waals surface area (Å²) in [5, 5.41) is 3.97. The summed E-state index contributed by atoms with van der Waals surface area (Å²) in [5.41, 5.74) is 0.477. The summed E-state index contributed by atoms with van der Waals surface area (Å²) in [6.45, 7) is 2.15. The third-order valence-corrected chi connectivity index (χ3v) is 4.64. The van der Waals surface area contributed by atoms with Crippen molar-refractivity contribution < 1.29 is 13.9 Å². The molecule has 4 heterocycles. The fourth-order valence-electron chi connectivity index (χ4n) is 3.04. The first-order valence-corrected chi connectivity index (χ1v) is 8.85. The fourth-order valence-corrected chi connectivity index (χ4v) is 3.21. The van der Waals surface area contributed by atoms with Gasteiger partial charge in [0, 0.05) is 23.3 Å². The molecule has 10 heteroatoms. The number of H-pyrrole nitrogens is 1. The number of halogens is 2. The predicted octanol–water partition coefficient (Wildman–Crippen LogP) is 3.24. The second-order valence-corrected chi connectivity index (χ2v) is 6.71. The predicted molar refractivity (Wildman–Crippen MR) is 102 cm³/mol. The molecule has 0 aromatic carbocycles. The molecule has 0 bridgehead atoms. The molecule has 8 nitrogen and oxygen atoms in total. The van der Waals surface area contributed by atoms with Crippen LogP contribution in [0.5, 0.6) is 0 Å². The number of hydrogen-bond donors (Lipinski definition) is 2. The standard InChI is InChI=1S/C18H15ClFN5O3/c1-9(12-7-10-6-11(19)8-22-15(10)24-17(12)26)23-16-14(20)13(2-3-21-16)25-4-5-28-18(25)27/h2-3,6-9H,4-5H2,1H3,(H,21,23)(H,22,24,26). The molecule has 0 spiro atoms. The van der Waals surface area contributed by atoms with Crippen LogP contribution in [-0.2, 0) is 4.74 Å². The van der Waals surface area contributed by atoms with Gasteiger partial charge in [-0.3, -0.25) is 9.69 Å². The summed E-state index contributed by atoms with van der Waals surface area (Å²) in [4.78, 5) is 36.1. The van der Waals surface area contributed by atoms with E-state index in [1.54, 1.807) is 19.1 Å². The minimum absolute atomic E-state index is 0.0654. The number of cyclic esters (lactones) is 1. The van der Waals surface area contributed by atoms with Crippen LogP contribution in [0.4, 0.5) is 20.7 Å².